The number of likely N-dealkylation sites (N-methyl/N-ethyl adjacent to an activating group) is 1. The minimum atomic E-state index is -0.274. The summed E-state index contributed by atoms with van der Waals surface area (Å²) in [6.45, 7) is 3.36. The summed E-state index contributed by atoms with van der Waals surface area (Å²) in [6.07, 6.45) is 6.24. The molecule has 3 rings (SSSR count). The van der Waals surface area contributed by atoms with E-state index in [9.17, 15) is 9.18 Å². The van der Waals surface area contributed by atoms with Crippen molar-refractivity contribution < 1.29 is 9.18 Å². The Kier molecular flexibility index (Phi) is 6.04. The summed E-state index contributed by atoms with van der Waals surface area (Å²) in [6, 6.07) is 6.18. The maximum Gasteiger partial charge on any atom is 0.227 e. The third-order valence-corrected chi connectivity index (χ3v) is 4.94. The van der Waals surface area contributed by atoms with Crippen molar-refractivity contribution in [1.82, 2.24) is 19.4 Å². The highest BCUT2D eigenvalue weighted by Crippen LogP contribution is 2.26. The molecule has 1 amide bonds. The zero-order valence-corrected chi connectivity index (χ0v) is 15.6. The van der Waals surface area contributed by atoms with E-state index in [0.717, 1.165) is 43.9 Å². The molecular weight excluding hydrogens is 331 g/mol. The van der Waals surface area contributed by atoms with Gasteiger partial charge in [-0.2, -0.15) is 0 Å². The van der Waals surface area contributed by atoms with Crippen molar-refractivity contribution in [3.05, 3.63) is 53.9 Å². The highest BCUT2D eigenvalue weighted by atomic mass is 19.1. The second-order valence-corrected chi connectivity index (χ2v) is 7.26. The summed E-state index contributed by atoms with van der Waals surface area (Å²) in [5.41, 5.74) is 0.853. The van der Waals surface area contributed by atoms with Crippen LogP contribution in [0.3, 0.4) is 0 Å². The Bertz CT molecular complexity index is 726. The maximum atomic E-state index is 13.0. The molecule has 0 N–H and O–H groups in total. The van der Waals surface area contributed by atoms with Crippen LogP contribution in [0.15, 0.2) is 36.7 Å². The first-order valence-corrected chi connectivity index (χ1v) is 9.21. The van der Waals surface area contributed by atoms with Gasteiger partial charge in [0.1, 0.15) is 11.6 Å². The molecule has 5 nitrogen and oxygen atoms in total. The van der Waals surface area contributed by atoms with E-state index in [4.69, 9.17) is 0 Å². The minimum absolute atomic E-state index is 0.104. The van der Waals surface area contributed by atoms with Crippen molar-refractivity contribution in [1.29, 1.82) is 0 Å². The number of rotatable bonds is 6. The van der Waals surface area contributed by atoms with Crippen LogP contribution in [0.25, 0.3) is 0 Å². The maximum absolute atomic E-state index is 13.0. The van der Waals surface area contributed by atoms with Gasteiger partial charge < -0.3 is 14.4 Å². The van der Waals surface area contributed by atoms with Gasteiger partial charge in [-0.05, 0) is 44.6 Å². The quantitative estimate of drug-likeness (QED) is 0.797. The fourth-order valence-electron chi connectivity index (χ4n) is 3.48. The van der Waals surface area contributed by atoms with Gasteiger partial charge in [-0.1, -0.05) is 12.1 Å². The van der Waals surface area contributed by atoms with Gasteiger partial charge in [0.25, 0.3) is 0 Å². The SMILES string of the molecule is CN(C)CCn1ccnc1[C@H]1CCCN(C(=O)Cc2ccc(F)cc2)C1. The molecule has 0 bridgehead atoms. The largest absolute Gasteiger partial charge is 0.342 e. The summed E-state index contributed by atoms with van der Waals surface area (Å²) in [5, 5.41) is 0. The first-order valence-electron chi connectivity index (χ1n) is 9.21. The Morgan fingerprint density at radius 1 is 1.31 bits per heavy atom. The molecule has 26 heavy (non-hydrogen) atoms. The van der Waals surface area contributed by atoms with Crippen LogP contribution >= 0.6 is 0 Å². The molecule has 0 radical (unpaired) electrons. The molecule has 0 aliphatic carbocycles. The molecule has 1 aromatic heterocycles. The molecule has 0 saturated carbocycles. The van der Waals surface area contributed by atoms with Gasteiger partial charge in [0.2, 0.25) is 5.91 Å². The highest BCUT2D eigenvalue weighted by molar-refractivity contribution is 5.79. The van der Waals surface area contributed by atoms with E-state index in [1.165, 1.54) is 12.1 Å². The fourth-order valence-corrected chi connectivity index (χ4v) is 3.48. The monoisotopic (exact) mass is 358 g/mol. The molecule has 6 heteroatoms. The van der Waals surface area contributed by atoms with Crippen molar-refractivity contribution >= 4 is 5.91 Å². The van der Waals surface area contributed by atoms with E-state index in [1.807, 2.05) is 17.3 Å². The predicted molar refractivity (Wildman–Crippen MR) is 99.4 cm³/mol. The second kappa shape index (κ2) is 8.45. The molecule has 1 fully saturated rings. The molecular formula is C20H27FN4O. The predicted octanol–water partition coefficient (Wildman–Crippen LogP) is 2.53. The van der Waals surface area contributed by atoms with Gasteiger partial charge >= 0.3 is 0 Å². The summed E-state index contributed by atoms with van der Waals surface area (Å²) in [4.78, 5) is 21.3. The smallest absolute Gasteiger partial charge is 0.227 e. The summed E-state index contributed by atoms with van der Waals surface area (Å²) < 4.78 is 15.2. The molecule has 0 unspecified atom stereocenters. The molecule has 140 valence electrons. The van der Waals surface area contributed by atoms with Crippen LogP contribution in [0.1, 0.15) is 30.1 Å². The summed E-state index contributed by atoms with van der Waals surface area (Å²) in [5.74, 6) is 1.18. The number of nitrogens with zero attached hydrogens (tertiary/aromatic N) is 4. The first kappa shape index (κ1) is 18.6. The van der Waals surface area contributed by atoms with E-state index in [0.29, 0.717) is 13.0 Å². The number of benzene rings is 1. The standard InChI is InChI=1S/C20H27FN4O/c1-23(2)12-13-24-11-9-22-20(24)17-4-3-10-25(15-17)19(26)14-16-5-7-18(21)8-6-16/h5-9,11,17H,3-4,10,12-15H2,1-2H3/t17-/m0/s1. The van der Waals surface area contributed by atoms with Gasteiger partial charge in [-0.15, -0.1) is 0 Å². The van der Waals surface area contributed by atoms with Crippen LogP contribution in [-0.2, 0) is 17.8 Å². The fraction of sp³-hybridized carbons (Fsp3) is 0.500. The van der Waals surface area contributed by atoms with Crippen LogP contribution in [-0.4, -0.2) is 59.0 Å². The molecule has 1 atom stereocenters. The van der Waals surface area contributed by atoms with E-state index in [1.54, 1.807) is 12.1 Å². The summed E-state index contributed by atoms with van der Waals surface area (Å²) >= 11 is 0. The zero-order chi connectivity index (χ0) is 18.5. The molecule has 1 saturated heterocycles. The number of piperidine rings is 1. The molecule has 1 aromatic carbocycles. The first-order chi connectivity index (χ1) is 12.5. The van der Waals surface area contributed by atoms with Gasteiger partial charge in [-0.25, -0.2) is 9.37 Å². The number of carbonyl (C=O) groups excluding carboxylic acids is 1. The van der Waals surface area contributed by atoms with Crippen LogP contribution < -0.4 is 0 Å². The van der Waals surface area contributed by atoms with Gasteiger partial charge in [0.15, 0.2) is 0 Å². The lowest BCUT2D eigenvalue weighted by atomic mass is 9.96. The Labute approximate surface area is 154 Å². The normalized spacial score (nSPS) is 17.7. The van der Waals surface area contributed by atoms with Crippen molar-refractivity contribution in [3.63, 3.8) is 0 Å². The Hall–Kier alpha value is -2.21. The van der Waals surface area contributed by atoms with Crippen LogP contribution in [0.2, 0.25) is 0 Å². The molecule has 2 aromatic rings. The van der Waals surface area contributed by atoms with Gasteiger partial charge in [-0.3, -0.25) is 4.79 Å². The van der Waals surface area contributed by atoms with Crippen molar-refractivity contribution in [2.75, 3.05) is 33.7 Å². The number of amides is 1. The highest BCUT2D eigenvalue weighted by Gasteiger charge is 2.27. The third-order valence-electron chi connectivity index (χ3n) is 4.94. The zero-order valence-electron chi connectivity index (χ0n) is 15.6. The lowest BCUT2D eigenvalue weighted by molar-refractivity contribution is -0.131. The summed E-state index contributed by atoms with van der Waals surface area (Å²) in [7, 11) is 4.13. The van der Waals surface area contributed by atoms with Crippen LogP contribution in [0.4, 0.5) is 4.39 Å². The minimum Gasteiger partial charge on any atom is -0.342 e. The van der Waals surface area contributed by atoms with Crippen molar-refractivity contribution in [2.24, 2.45) is 0 Å². The Morgan fingerprint density at radius 2 is 2.08 bits per heavy atom. The number of aromatic nitrogens is 2. The molecule has 2 heterocycles. The number of likely N-dealkylation sites (tertiary alicyclic amines) is 1. The average molecular weight is 358 g/mol. The Morgan fingerprint density at radius 3 is 2.81 bits per heavy atom. The van der Waals surface area contributed by atoms with Gasteiger partial charge in [0.05, 0.1) is 6.42 Å². The lowest BCUT2D eigenvalue weighted by Crippen LogP contribution is -2.40. The number of carbonyl (C=O) groups is 1. The van der Waals surface area contributed by atoms with E-state index in [-0.39, 0.29) is 17.6 Å². The van der Waals surface area contributed by atoms with E-state index in [2.05, 4.69) is 28.5 Å². The van der Waals surface area contributed by atoms with E-state index < -0.39 is 0 Å². The van der Waals surface area contributed by atoms with Crippen molar-refractivity contribution in [3.8, 4) is 0 Å². The molecule has 1 aliphatic heterocycles. The van der Waals surface area contributed by atoms with Crippen LogP contribution in [0.5, 0.6) is 0 Å². The lowest BCUT2D eigenvalue weighted by Gasteiger charge is -2.33. The number of hydrogen-bond donors (Lipinski definition) is 0. The average Bonchev–Trinajstić information content (AvgIpc) is 3.10. The number of halogens is 1. The third kappa shape index (κ3) is 4.69. The Balaban J connectivity index is 1.63. The van der Waals surface area contributed by atoms with Crippen molar-refractivity contribution in [2.45, 2.75) is 31.7 Å². The second-order valence-electron chi connectivity index (χ2n) is 7.26. The number of hydrogen-bond acceptors (Lipinski definition) is 3. The van der Waals surface area contributed by atoms with Gasteiger partial charge in [0, 0.05) is 44.5 Å². The van der Waals surface area contributed by atoms with Crippen LogP contribution in [0, 0.1) is 5.82 Å². The van der Waals surface area contributed by atoms with E-state index >= 15 is 0 Å². The molecule has 0 spiro atoms. The number of imidazole rings is 1. The topological polar surface area (TPSA) is 41.4 Å². The molecule has 1 aliphatic rings.